The van der Waals surface area contributed by atoms with E-state index in [1.807, 2.05) is 42.5 Å². The molecule has 2 saturated heterocycles. The van der Waals surface area contributed by atoms with E-state index in [1.165, 1.54) is 6.21 Å². The minimum absolute atomic E-state index is 0.0766. The first-order valence-corrected chi connectivity index (χ1v) is 14.1. The Kier molecular flexibility index (Phi) is 7.17. The number of ether oxygens (including phenoxy) is 2. The lowest BCUT2D eigenvalue weighted by Gasteiger charge is -2.17. The highest BCUT2D eigenvalue weighted by atomic mass is 16.5. The third kappa shape index (κ3) is 4.72. The van der Waals surface area contributed by atoms with Gasteiger partial charge in [-0.25, -0.2) is 4.98 Å². The quantitative estimate of drug-likeness (QED) is 0.304. The van der Waals surface area contributed by atoms with Crippen molar-refractivity contribution < 1.29 is 14.3 Å². The van der Waals surface area contributed by atoms with Crippen LogP contribution in [0.2, 0.25) is 0 Å². The van der Waals surface area contributed by atoms with E-state index in [4.69, 9.17) is 24.9 Å². The van der Waals surface area contributed by atoms with Crippen LogP contribution in [0.3, 0.4) is 0 Å². The van der Waals surface area contributed by atoms with Gasteiger partial charge in [-0.1, -0.05) is 0 Å². The van der Waals surface area contributed by atoms with Crippen molar-refractivity contribution in [3.63, 3.8) is 0 Å². The Labute approximate surface area is 239 Å². The molecule has 0 saturated carbocycles. The predicted octanol–water partition coefficient (Wildman–Crippen LogP) is 5.14. The summed E-state index contributed by atoms with van der Waals surface area (Å²) in [5.41, 5.74) is 7.06. The summed E-state index contributed by atoms with van der Waals surface area (Å²) >= 11 is 0. The van der Waals surface area contributed by atoms with E-state index >= 15 is 0 Å². The minimum Gasteiger partial charge on any atom is -0.496 e. The fraction of sp³-hybridized carbons (Fsp3) is 0.387. The smallest absolute Gasteiger partial charge is 0.270 e. The summed E-state index contributed by atoms with van der Waals surface area (Å²) in [5.74, 6) is 1.51. The second-order valence-corrected chi connectivity index (χ2v) is 10.8. The first-order valence-electron chi connectivity index (χ1n) is 14.1. The topological polar surface area (TPSA) is 118 Å². The Balaban J connectivity index is 1.49. The lowest BCUT2D eigenvalue weighted by molar-refractivity contribution is 0.0783. The van der Waals surface area contributed by atoms with Crippen molar-refractivity contribution >= 4 is 34.5 Å². The molecule has 2 fully saturated rings. The number of likely N-dealkylation sites (tertiary alicyclic amines) is 1. The number of rotatable bonds is 7. The maximum Gasteiger partial charge on any atom is 0.270 e. The predicted molar refractivity (Wildman–Crippen MR) is 159 cm³/mol. The van der Waals surface area contributed by atoms with Crippen LogP contribution in [0.15, 0.2) is 30.6 Å². The molecule has 1 atom stereocenters. The molecule has 4 aromatic heterocycles. The number of aryl methyl sites for hydroxylation is 3. The fourth-order valence-electron chi connectivity index (χ4n) is 6.17. The molecule has 2 N–H and O–H groups in total. The van der Waals surface area contributed by atoms with Gasteiger partial charge in [0.2, 0.25) is 0 Å². The summed E-state index contributed by atoms with van der Waals surface area (Å²) < 4.78 is 13.3. The third-order valence-electron chi connectivity index (χ3n) is 8.30. The molecule has 0 bridgehead atoms. The van der Waals surface area contributed by atoms with Crippen LogP contribution in [0, 0.1) is 19.3 Å². The highest BCUT2D eigenvalue weighted by Crippen LogP contribution is 2.38. The highest BCUT2D eigenvalue weighted by Gasteiger charge is 2.30. The van der Waals surface area contributed by atoms with Crippen LogP contribution in [0.4, 0.5) is 11.5 Å². The van der Waals surface area contributed by atoms with Crippen molar-refractivity contribution in [3.05, 3.63) is 58.8 Å². The average Bonchev–Trinajstić information content (AvgIpc) is 3.75. The normalized spacial score (nSPS) is 16.9. The molecule has 4 aromatic rings. The molecule has 6 heterocycles. The Morgan fingerprint density at radius 1 is 1.22 bits per heavy atom. The van der Waals surface area contributed by atoms with Crippen molar-refractivity contribution in [3.8, 4) is 17.0 Å². The molecule has 41 heavy (non-hydrogen) atoms. The Hall–Kier alpha value is -4.31. The Bertz CT molecular complexity index is 1650. The summed E-state index contributed by atoms with van der Waals surface area (Å²) in [6.07, 6.45) is 7.67. The Morgan fingerprint density at radius 3 is 2.73 bits per heavy atom. The van der Waals surface area contributed by atoms with Crippen LogP contribution in [0.25, 0.3) is 22.2 Å². The number of amides is 1. The van der Waals surface area contributed by atoms with Crippen LogP contribution >= 0.6 is 0 Å². The molecule has 212 valence electrons. The molecule has 0 aliphatic carbocycles. The van der Waals surface area contributed by atoms with Crippen LogP contribution in [-0.2, 0) is 11.8 Å². The van der Waals surface area contributed by atoms with Crippen LogP contribution in [-0.4, -0.2) is 70.0 Å². The summed E-state index contributed by atoms with van der Waals surface area (Å²) in [4.78, 5) is 29.7. The summed E-state index contributed by atoms with van der Waals surface area (Å²) in [7, 11) is 3.58. The second kappa shape index (κ2) is 10.9. The molecular formula is C31H35N7O3. The number of fused-ring (bicyclic) bond motifs is 1. The lowest BCUT2D eigenvalue weighted by Crippen LogP contribution is -2.29. The number of nitrogens with one attached hydrogen (secondary N) is 2. The number of carbonyl (C=O) groups is 1. The molecule has 0 radical (unpaired) electrons. The number of hydrogen-bond acceptors (Lipinski definition) is 8. The van der Waals surface area contributed by atoms with Gasteiger partial charge in [0.25, 0.3) is 5.91 Å². The zero-order valence-electron chi connectivity index (χ0n) is 24.0. The standard InChI is InChI=1S/C31H35N7O3/c1-18-28-25(37(3)30(18)31(39)38-10-5-6-11-38)14-27(36-29(28)20-8-12-41-17-20)35-23-13-24(34-19(2)21(23)15-32)22-16-33-9-7-26(22)40-4/h7,9,13-16,20,32H,5-6,8,10-12,17H2,1-4H3,(H,34,35,36). The first-order chi connectivity index (χ1) is 19.9. The van der Waals surface area contributed by atoms with Crippen LogP contribution < -0.4 is 10.1 Å². The van der Waals surface area contributed by atoms with Crippen molar-refractivity contribution in [1.82, 2.24) is 24.4 Å². The molecule has 10 nitrogen and oxygen atoms in total. The number of nitrogens with zero attached hydrogens (tertiary/aromatic N) is 5. The highest BCUT2D eigenvalue weighted by molar-refractivity contribution is 6.03. The van der Waals surface area contributed by atoms with E-state index in [0.29, 0.717) is 53.1 Å². The molecule has 1 unspecified atom stereocenters. The van der Waals surface area contributed by atoms with Gasteiger partial charge in [0, 0.05) is 74.0 Å². The third-order valence-corrected chi connectivity index (χ3v) is 8.30. The van der Waals surface area contributed by atoms with Crippen LogP contribution in [0.1, 0.15) is 58.2 Å². The van der Waals surface area contributed by atoms with E-state index in [1.54, 1.807) is 25.6 Å². The van der Waals surface area contributed by atoms with E-state index in [0.717, 1.165) is 60.1 Å². The van der Waals surface area contributed by atoms with E-state index in [-0.39, 0.29) is 11.8 Å². The Morgan fingerprint density at radius 2 is 2.02 bits per heavy atom. The van der Waals surface area contributed by atoms with Gasteiger partial charge in [0.05, 0.1) is 41.9 Å². The molecule has 6 rings (SSSR count). The van der Waals surface area contributed by atoms with Crippen molar-refractivity contribution in [1.29, 1.82) is 5.41 Å². The van der Waals surface area contributed by atoms with Gasteiger partial charge in [0.15, 0.2) is 0 Å². The molecule has 10 heteroatoms. The van der Waals surface area contributed by atoms with Gasteiger partial charge >= 0.3 is 0 Å². The largest absolute Gasteiger partial charge is 0.496 e. The van der Waals surface area contributed by atoms with Crippen molar-refractivity contribution in [2.24, 2.45) is 7.05 Å². The number of aromatic nitrogens is 4. The number of pyridine rings is 3. The number of methoxy groups -OCH3 is 1. The maximum absolute atomic E-state index is 13.6. The second-order valence-electron chi connectivity index (χ2n) is 10.8. The summed E-state index contributed by atoms with van der Waals surface area (Å²) in [6.45, 7) is 6.80. The average molecular weight is 554 g/mol. The summed E-state index contributed by atoms with van der Waals surface area (Å²) in [6, 6.07) is 5.69. The van der Waals surface area contributed by atoms with Gasteiger partial charge in [0.1, 0.15) is 17.3 Å². The lowest BCUT2D eigenvalue weighted by atomic mass is 9.98. The van der Waals surface area contributed by atoms with Gasteiger partial charge in [-0.3, -0.25) is 14.8 Å². The molecule has 2 aliphatic heterocycles. The van der Waals surface area contributed by atoms with Crippen molar-refractivity contribution in [2.75, 3.05) is 38.7 Å². The van der Waals surface area contributed by atoms with E-state index in [9.17, 15) is 4.79 Å². The summed E-state index contributed by atoms with van der Waals surface area (Å²) in [5, 5.41) is 12.6. The zero-order chi connectivity index (χ0) is 28.7. The maximum atomic E-state index is 13.6. The minimum atomic E-state index is 0.0766. The van der Waals surface area contributed by atoms with Gasteiger partial charge in [-0.05, 0) is 50.8 Å². The first kappa shape index (κ1) is 26.9. The molecule has 1 amide bonds. The monoisotopic (exact) mass is 553 g/mol. The van der Waals surface area contributed by atoms with Crippen molar-refractivity contribution in [2.45, 2.75) is 39.0 Å². The van der Waals surface area contributed by atoms with Gasteiger partial charge < -0.3 is 29.7 Å². The number of hydrogen-bond donors (Lipinski definition) is 2. The van der Waals surface area contributed by atoms with Gasteiger partial charge in [-0.15, -0.1) is 0 Å². The number of anilines is 2. The SMILES string of the molecule is COc1ccncc1-c1cc(Nc2cc3c(c(C4CCOC4)n2)c(C)c(C(=O)N2CCCC2)n3C)c(C=N)c(C)n1. The number of carbonyl (C=O) groups excluding carboxylic acids is 1. The van der Waals surface area contributed by atoms with E-state index < -0.39 is 0 Å². The van der Waals surface area contributed by atoms with E-state index in [2.05, 4.69) is 10.3 Å². The fourth-order valence-corrected chi connectivity index (χ4v) is 6.17. The molecule has 0 aromatic carbocycles. The molecule has 2 aliphatic rings. The molecule has 0 spiro atoms. The van der Waals surface area contributed by atoms with Gasteiger partial charge in [-0.2, -0.15) is 0 Å². The zero-order valence-corrected chi connectivity index (χ0v) is 24.0. The van der Waals surface area contributed by atoms with Crippen LogP contribution in [0.5, 0.6) is 5.75 Å². The molecular weight excluding hydrogens is 518 g/mol.